The van der Waals surface area contributed by atoms with E-state index in [-0.39, 0.29) is 0 Å². The SMILES string of the molecule is C=C(OC)c1cccnc1C1CCCC1. The molecule has 2 rings (SSSR count). The summed E-state index contributed by atoms with van der Waals surface area (Å²) in [5, 5.41) is 0. The molecule has 0 bridgehead atoms. The molecule has 0 aliphatic heterocycles. The molecule has 2 nitrogen and oxygen atoms in total. The van der Waals surface area contributed by atoms with Crippen molar-refractivity contribution in [2.45, 2.75) is 31.6 Å². The second-order valence-corrected chi connectivity index (χ2v) is 4.04. The lowest BCUT2D eigenvalue weighted by atomic mass is 9.98. The minimum Gasteiger partial charge on any atom is -0.497 e. The van der Waals surface area contributed by atoms with Crippen LogP contribution in [0.4, 0.5) is 0 Å². The van der Waals surface area contributed by atoms with Gasteiger partial charge in [-0.3, -0.25) is 4.98 Å². The monoisotopic (exact) mass is 203 g/mol. The first-order chi connectivity index (χ1) is 7.33. The fourth-order valence-electron chi connectivity index (χ4n) is 2.29. The maximum Gasteiger partial charge on any atom is 0.120 e. The van der Waals surface area contributed by atoms with Crippen LogP contribution in [0.2, 0.25) is 0 Å². The lowest BCUT2D eigenvalue weighted by Gasteiger charge is -2.14. The van der Waals surface area contributed by atoms with Crippen LogP contribution in [0.25, 0.3) is 5.76 Å². The Morgan fingerprint density at radius 2 is 2.20 bits per heavy atom. The summed E-state index contributed by atoms with van der Waals surface area (Å²) in [4.78, 5) is 4.49. The largest absolute Gasteiger partial charge is 0.497 e. The summed E-state index contributed by atoms with van der Waals surface area (Å²) in [6.45, 7) is 3.91. The molecule has 2 heteroatoms. The molecule has 1 aromatic heterocycles. The number of pyridine rings is 1. The fraction of sp³-hybridized carbons (Fsp3) is 0.462. The van der Waals surface area contributed by atoms with Crippen LogP contribution >= 0.6 is 0 Å². The summed E-state index contributed by atoms with van der Waals surface area (Å²) in [6, 6.07) is 3.99. The van der Waals surface area contributed by atoms with Crippen molar-refractivity contribution in [1.29, 1.82) is 0 Å². The van der Waals surface area contributed by atoms with Crippen LogP contribution in [0.5, 0.6) is 0 Å². The van der Waals surface area contributed by atoms with E-state index in [0.717, 1.165) is 11.3 Å². The van der Waals surface area contributed by atoms with Gasteiger partial charge in [-0.05, 0) is 25.0 Å². The van der Waals surface area contributed by atoms with E-state index in [1.165, 1.54) is 31.4 Å². The van der Waals surface area contributed by atoms with Gasteiger partial charge in [0.05, 0.1) is 12.8 Å². The molecule has 0 N–H and O–H groups in total. The summed E-state index contributed by atoms with van der Waals surface area (Å²) in [7, 11) is 1.66. The first-order valence-electron chi connectivity index (χ1n) is 5.51. The smallest absolute Gasteiger partial charge is 0.120 e. The molecule has 0 spiro atoms. The van der Waals surface area contributed by atoms with E-state index in [9.17, 15) is 0 Å². The van der Waals surface area contributed by atoms with Crippen molar-refractivity contribution in [1.82, 2.24) is 4.98 Å². The van der Waals surface area contributed by atoms with E-state index < -0.39 is 0 Å². The number of methoxy groups -OCH3 is 1. The first kappa shape index (κ1) is 10.2. The molecule has 80 valence electrons. The third-order valence-electron chi connectivity index (χ3n) is 3.13. The number of rotatable bonds is 3. The molecule has 0 amide bonds. The van der Waals surface area contributed by atoms with Gasteiger partial charge >= 0.3 is 0 Å². The van der Waals surface area contributed by atoms with Crippen LogP contribution in [0, 0.1) is 0 Å². The second-order valence-electron chi connectivity index (χ2n) is 4.04. The summed E-state index contributed by atoms with van der Waals surface area (Å²) >= 11 is 0. The third kappa shape index (κ3) is 2.04. The van der Waals surface area contributed by atoms with E-state index in [0.29, 0.717) is 5.92 Å². The summed E-state index contributed by atoms with van der Waals surface area (Å²) in [6.07, 6.45) is 7.00. The highest BCUT2D eigenvalue weighted by atomic mass is 16.5. The lowest BCUT2D eigenvalue weighted by Crippen LogP contribution is -2.02. The van der Waals surface area contributed by atoms with Gasteiger partial charge in [0.2, 0.25) is 0 Å². The van der Waals surface area contributed by atoms with Crippen LogP contribution in [0.15, 0.2) is 24.9 Å². The van der Waals surface area contributed by atoms with Crippen LogP contribution in [-0.2, 0) is 4.74 Å². The molecule has 1 fully saturated rings. The van der Waals surface area contributed by atoms with E-state index in [1.54, 1.807) is 7.11 Å². The number of hydrogen-bond acceptors (Lipinski definition) is 2. The Balaban J connectivity index is 2.32. The van der Waals surface area contributed by atoms with E-state index in [2.05, 4.69) is 11.6 Å². The van der Waals surface area contributed by atoms with Crippen LogP contribution in [0.3, 0.4) is 0 Å². The van der Waals surface area contributed by atoms with Crippen LogP contribution < -0.4 is 0 Å². The van der Waals surface area contributed by atoms with E-state index in [4.69, 9.17) is 4.74 Å². The molecule has 0 unspecified atom stereocenters. The molecular formula is C13H17NO. The number of hydrogen-bond donors (Lipinski definition) is 0. The third-order valence-corrected chi connectivity index (χ3v) is 3.13. The van der Waals surface area contributed by atoms with Gasteiger partial charge in [-0.15, -0.1) is 0 Å². The number of ether oxygens (including phenoxy) is 1. The maximum atomic E-state index is 5.20. The Bertz CT molecular complexity index is 353. The van der Waals surface area contributed by atoms with Gasteiger partial charge < -0.3 is 4.74 Å². The number of aromatic nitrogens is 1. The first-order valence-corrected chi connectivity index (χ1v) is 5.51. The molecule has 0 aromatic carbocycles. The van der Waals surface area contributed by atoms with Gasteiger partial charge in [0.15, 0.2) is 0 Å². The fourth-order valence-corrected chi connectivity index (χ4v) is 2.29. The Morgan fingerprint density at radius 1 is 1.47 bits per heavy atom. The Hall–Kier alpha value is -1.31. The Labute approximate surface area is 91.0 Å². The molecule has 0 saturated heterocycles. The minimum atomic E-state index is 0.605. The molecule has 15 heavy (non-hydrogen) atoms. The standard InChI is InChI=1S/C13H17NO/c1-10(15-2)12-8-5-9-14-13(12)11-6-3-4-7-11/h5,8-9,11H,1,3-4,6-7H2,2H3. The zero-order valence-electron chi connectivity index (χ0n) is 9.20. The molecule has 0 atom stereocenters. The van der Waals surface area contributed by atoms with Crippen LogP contribution in [-0.4, -0.2) is 12.1 Å². The molecule has 1 saturated carbocycles. The van der Waals surface area contributed by atoms with Gasteiger partial charge in [-0.25, -0.2) is 0 Å². The predicted molar refractivity (Wildman–Crippen MR) is 61.5 cm³/mol. The van der Waals surface area contributed by atoms with Gasteiger partial charge in [-0.2, -0.15) is 0 Å². The molecule has 1 aliphatic carbocycles. The highest BCUT2D eigenvalue weighted by Crippen LogP contribution is 2.36. The highest BCUT2D eigenvalue weighted by Gasteiger charge is 2.21. The summed E-state index contributed by atoms with van der Waals surface area (Å²) in [5.74, 6) is 1.33. The van der Waals surface area contributed by atoms with Gasteiger partial charge in [-0.1, -0.05) is 19.4 Å². The zero-order valence-corrected chi connectivity index (χ0v) is 9.20. The quantitative estimate of drug-likeness (QED) is 0.703. The van der Waals surface area contributed by atoms with Crippen molar-refractivity contribution in [3.8, 4) is 0 Å². The van der Waals surface area contributed by atoms with E-state index >= 15 is 0 Å². The van der Waals surface area contributed by atoms with Crippen molar-refractivity contribution in [3.05, 3.63) is 36.2 Å². The van der Waals surface area contributed by atoms with Crippen molar-refractivity contribution in [2.24, 2.45) is 0 Å². The average molecular weight is 203 g/mol. The lowest BCUT2D eigenvalue weighted by molar-refractivity contribution is 0.370. The molecule has 1 heterocycles. The topological polar surface area (TPSA) is 22.1 Å². The molecule has 0 radical (unpaired) electrons. The summed E-state index contributed by atoms with van der Waals surface area (Å²) < 4.78 is 5.20. The Morgan fingerprint density at radius 3 is 2.87 bits per heavy atom. The maximum absolute atomic E-state index is 5.20. The summed E-state index contributed by atoms with van der Waals surface area (Å²) in [5.41, 5.74) is 2.24. The second kappa shape index (κ2) is 4.47. The van der Waals surface area contributed by atoms with Crippen LogP contribution in [0.1, 0.15) is 42.9 Å². The van der Waals surface area contributed by atoms with Gasteiger partial charge in [0, 0.05) is 17.7 Å². The predicted octanol–water partition coefficient (Wildman–Crippen LogP) is 3.36. The van der Waals surface area contributed by atoms with E-state index in [1.807, 2.05) is 18.3 Å². The molecular weight excluding hydrogens is 186 g/mol. The molecule has 1 aliphatic rings. The van der Waals surface area contributed by atoms with Crippen molar-refractivity contribution >= 4 is 5.76 Å². The normalized spacial score (nSPS) is 16.6. The minimum absolute atomic E-state index is 0.605. The Kier molecular flexibility index (Phi) is 3.05. The van der Waals surface area contributed by atoms with Gasteiger partial charge in [0.1, 0.15) is 5.76 Å². The van der Waals surface area contributed by atoms with Gasteiger partial charge in [0.25, 0.3) is 0 Å². The average Bonchev–Trinajstić information content (AvgIpc) is 2.81. The highest BCUT2D eigenvalue weighted by molar-refractivity contribution is 5.60. The molecule has 1 aromatic rings. The van der Waals surface area contributed by atoms with Crippen molar-refractivity contribution in [2.75, 3.05) is 7.11 Å². The van der Waals surface area contributed by atoms with Crippen molar-refractivity contribution in [3.63, 3.8) is 0 Å². The van der Waals surface area contributed by atoms with Crippen molar-refractivity contribution < 1.29 is 4.74 Å². The number of nitrogens with zero attached hydrogens (tertiary/aromatic N) is 1. The zero-order chi connectivity index (χ0) is 10.7.